The molecular formula is C21H20FN3O2. The average Bonchev–Trinajstić information content (AvgIpc) is 3.02. The zero-order chi connectivity index (χ0) is 19.0. The Balaban J connectivity index is 1.60. The fourth-order valence-electron chi connectivity index (χ4n) is 3.69. The standard InChI is InChI=1S/C21H20FN3O2/c1-13-8-18(17-10-15(22)5-6-19(17)24-13)21(27)25-11-14(20(26)12-25)9-16-4-2-3-7-23-16/h2-8,10,14,20,26H,9,11-12H2,1H3/t14-,20-/m1/s1. The van der Waals surface area contributed by atoms with Crippen molar-refractivity contribution < 1.29 is 14.3 Å². The molecular weight excluding hydrogens is 345 g/mol. The predicted octanol–water partition coefficient (Wildman–Crippen LogP) is 2.75. The third-order valence-corrected chi connectivity index (χ3v) is 5.02. The predicted molar refractivity (Wildman–Crippen MR) is 99.8 cm³/mol. The molecule has 2 atom stereocenters. The van der Waals surface area contributed by atoms with Gasteiger partial charge in [0.2, 0.25) is 0 Å². The molecule has 1 aromatic carbocycles. The van der Waals surface area contributed by atoms with E-state index in [1.807, 2.05) is 25.1 Å². The number of aliphatic hydroxyl groups is 1. The lowest BCUT2D eigenvalue weighted by Crippen LogP contribution is -2.30. The Labute approximate surface area is 156 Å². The number of carbonyl (C=O) groups is 1. The summed E-state index contributed by atoms with van der Waals surface area (Å²) in [6.07, 6.45) is 1.72. The van der Waals surface area contributed by atoms with Crippen LogP contribution in [0.5, 0.6) is 0 Å². The number of carbonyl (C=O) groups excluding carboxylic acids is 1. The van der Waals surface area contributed by atoms with Crippen LogP contribution in [-0.4, -0.2) is 45.1 Å². The lowest BCUT2D eigenvalue weighted by Gasteiger charge is -2.18. The van der Waals surface area contributed by atoms with Gasteiger partial charge in [-0.05, 0) is 49.7 Å². The Hall–Kier alpha value is -2.86. The number of fused-ring (bicyclic) bond motifs is 1. The third kappa shape index (κ3) is 3.53. The molecule has 0 saturated carbocycles. The van der Waals surface area contributed by atoms with Gasteiger partial charge >= 0.3 is 0 Å². The first-order valence-electron chi connectivity index (χ1n) is 8.95. The molecule has 4 rings (SSSR count). The highest BCUT2D eigenvalue weighted by Crippen LogP contribution is 2.26. The Morgan fingerprint density at radius 3 is 2.89 bits per heavy atom. The average molecular weight is 365 g/mol. The Morgan fingerprint density at radius 1 is 1.26 bits per heavy atom. The number of β-amino-alcohol motifs (C(OH)–C–C–N with tert-alkyl or cyclic N) is 1. The van der Waals surface area contributed by atoms with E-state index in [1.54, 1.807) is 23.2 Å². The molecule has 138 valence electrons. The fraction of sp³-hybridized carbons (Fsp3) is 0.286. The third-order valence-electron chi connectivity index (χ3n) is 5.02. The molecule has 5 nitrogen and oxygen atoms in total. The molecule has 1 aliphatic rings. The molecule has 3 heterocycles. The molecule has 6 heteroatoms. The molecule has 0 spiro atoms. The molecule has 1 fully saturated rings. The van der Waals surface area contributed by atoms with Crippen molar-refractivity contribution in [2.45, 2.75) is 19.4 Å². The van der Waals surface area contributed by atoms with Crippen molar-refractivity contribution in [2.24, 2.45) is 5.92 Å². The number of aliphatic hydroxyl groups excluding tert-OH is 1. The van der Waals surface area contributed by atoms with Crippen molar-refractivity contribution in [1.82, 2.24) is 14.9 Å². The second kappa shape index (κ2) is 7.04. The summed E-state index contributed by atoms with van der Waals surface area (Å²) in [5.74, 6) is -0.690. The smallest absolute Gasteiger partial charge is 0.254 e. The number of amides is 1. The summed E-state index contributed by atoms with van der Waals surface area (Å²) in [4.78, 5) is 23.4. The quantitative estimate of drug-likeness (QED) is 0.775. The van der Waals surface area contributed by atoms with Gasteiger partial charge in [-0.15, -0.1) is 0 Å². The Kier molecular flexibility index (Phi) is 4.58. The molecule has 0 unspecified atom stereocenters. The lowest BCUT2D eigenvalue weighted by molar-refractivity contribution is 0.0766. The van der Waals surface area contributed by atoms with Crippen molar-refractivity contribution in [2.75, 3.05) is 13.1 Å². The van der Waals surface area contributed by atoms with E-state index < -0.39 is 11.9 Å². The molecule has 0 radical (unpaired) electrons. The van der Waals surface area contributed by atoms with E-state index in [4.69, 9.17) is 0 Å². The molecule has 1 aliphatic heterocycles. The molecule has 1 saturated heterocycles. The highest BCUT2D eigenvalue weighted by Gasteiger charge is 2.35. The van der Waals surface area contributed by atoms with Gasteiger partial charge in [-0.3, -0.25) is 14.8 Å². The van der Waals surface area contributed by atoms with Crippen LogP contribution in [0, 0.1) is 18.7 Å². The number of nitrogens with zero attached hydrogens (tertiary/aromatic N) is 3. The number of halogens is 1. The number of aryl methyl sites for hydroxylation is 1. The van der Waals surface area contributed by atoms with E-state index in [1.165, 1.54) is 12.1 Å². The first-order valence-corrected chi connectivity index (χ1v) is 8.95. The van der Waals surface area contributed by atoms with E-state index in [2.05, 4.69) is 9.97 Å². The van der Waals surface area contributed by atoms with Crippen molar-refractivity contribution in [3.63, 3.8) is 0 Å². The van der Waals surface area contributed by atoms with Gasteiger partial charge in [0.05, 0.1) is 17.2 Å². The van der Waals surface area contributed by atoms with Crippen LogP contribution in [-0.2, 0) is 6.42 Å². The van der Waals surface area contributed by atoms with Crippen LogP contribution in [0.15, 0.2) is 48.7 Å². The zero-order valence-corrected chi connectivity index (χ0v) is 15.0. The number of rotatable bonds is 3. The van der Waals surface area contributed by atoms with E-state index >= 15 is 0 Å². The van der Waals surface area contributed by atoms with Crippen LogP contribution in [0.2, 0.25) is 0 Å². The maximum absolute atomic E-state index is 13.7. The second-order valence-corrected chi connectivity index (χ2v) is 7.04. The van der Waals surface area contributed by atoms with Gasteiger partial charge in [0.1, 0.15) is 5.82 Å². The summed E-state index contributed by atoms with van der Waals surface area (Å²) in [5, 5.41) is 10.9. The number of pyridine rings is 2. The van der Waals surface area contributed by atoms with Gasteiger partial charge in [-0.2, -0.15) is 0 Å². The number of benzene rings is 1. The monoisotopic (exact) mass is 365 g/mol. The zero-order valence-electron chi connectivity index (χ0n) is 15.0. The van der Waals surface area contributed by atoms with Gasteiger partial charge < -0.3 is 10.0 Å². The normalized spacial score (nSPS) is 19.6. The van der Waals surface area contributed by atoms with Crippen molar-refractivity contribution >= 4 is 16.8 Å². The van der Waals surface area contributed by atoms with Crippen molar-refractivity contribution in [3.8, 4) is 0 Å². The van der Waals surface area contributed by atoms with Crippen LogP contribution in [0.1, 0.15) is 21.7 Å². The van der Waals surface area contributed by atoms with Gasteiger partial charge in [-0.1, -0.05) is 6.07 Å². The first kappa shape index (κ1) is 17.5. The summed E-state index contributed by atoms with van der Waals surface area (Å²) in [6.45, 7) is 2.51. The molecule has 2 aromatic heterocycles. The highest BCUT2D eigenvalue weighted by atomic mass is 19.1. The van der Waals surface area contributed by atoms with Gasteiger partial charge in [0.25, 0.3) is 5.91 Å². The maximum Gasteiger partial charge on any atom is 0.254 e. The minimum Gasteiger partial charge on any atom is -0.391 e. The number of hydrogen-bond acceptors (Lipinski definition) is 4. The largest absolute Gasteiger partial charge is 0.391 e. The van der Waals surface area contributed by atoms with Crippen molar-refractivity contribution in [3.05, 3.63) is 71.4 Å². The van der Waals surface area contributed by atoms with Crippen LogP contribution in [0.25, 0.3) is 10.9 Å². The van der Waals surface area contributed by atoms with Crippen LogP contribution in [0.3, 0.4) is 0 Å². The van der Waals surface area contributed by atoms with Crippen LogP contribution >= 0.6 is 0 Å². The summed E-state index contributed by atoms with van der Waals surface area (Å²) >= 11 is 0. The summed E-state index contributed by atoms with van der Waals surface area (Å²) in [5.41, 5.74) is 2.59. The molecule has 27 heavy (non-hydrogen) atoms. The van der Waals surface area contributed by atoms with E-state index in [-0.39, 0.29) is 18.4 Å². The van der Waals surface area contributed by atoms with Gasteiger partial charge in [0.15, 0.2) is 0 Å². The molecule has 3 aromatic rings. The van der Waals surface area contributed by atoms with Gasteiger partial charge in [0, 0.05) is 42.0 Å². The topological polar surface area (TPSA) is 66.3 Å². The molecule has 0 aliphatic carbocycles. The van der Waals surface area contributed by atoms with Crippen LogP contribution < -0.4 is 0 Å². The summed E-state index contributed by atoms with van der Waals surface area (Å²) in [7, 11) is 0. The molecule has 1 amide bonds. The second-order valence-electron chi connectivity index (χ2n) is 7.04. The minimum absolute atomic E-state index is 0.0743. The van der Waals surface area contributed by atoms with Crippen molar-refractivity contribution in [1.29, 1.82) is 0 Å². The maximum atomic E-state index is 13.7. The minimum atomic E-state index is -0.609. The van der Waals surface area contributed by atoms with Gasteiger partial charge in [-0.25, -0.2) is 4.39 Å². The van der Waals surface area contributed by atoms with E-state index in [0.717, 1.165) is 5.69 Å². The fourth-order valence-corrected chi connectivity index (χ4v) is 3.69. The SMILES string of the molecule is Cc1cc(C(=O)N2C[C@@H](Cc3ccccn3)[C@H](O)C2)c2cc(F)ccc2n1. The Morgan fingerprint density at radius 2 is 2.11 bits per heavy atom. The summed E-state index contributed by atoms with van der Waals surface area (Å²) < 4.78 is 13.7. The van der Waals surface area contributed by atoms with E-state index in [0.29, 0.717) is 35.1 Å². The molecule has 1 N–H and O–H groups in total. The number of aromatic nitrogens is 2. The lowest BCUT2D eigenvalue weighted by atomic mass is 10.00. The molecule has 0 bridgehead atoms. The first-order chi connectivity index (χ1) is 13.0. The highest BCUT2D eigenvalue weighted by molar-refractivity contribution is 6.06. The number of hydrogen-bond donors (Lipinski definition) is 1. The van der Waals surface area contributed by atoms with Crippen LogP contribution in [0.4, 0.5) is 4.39 Å². The number of likely N-dealkylation sites (tertiary alicyclic amines) is 1. The Bertz CT molecular complexity index is 993. The van der Waals surface area contributed by atoms with E-state index in [9.17, 15) is 14.3 Å². The summed E-state index contributed by atoms with van der Waals surface area (Å²) in [6, 6.07) is 11.6.